The molecule has 2 saturated carbocycles. The van der Waals surface area contributed by atoms with Crippen LogP contribution in [0.15, 0.2) is 0 Å². The van der Waals surface area contributed by atoms with E-state index in [2.05, 4.69) is 5.32 Å². The van der Waals surface area contributed by atoms with Crippen LogP contribution in [-0.2, 0) is 4.79 Å². The molecule has 0 radical (unpaired) electrons. The Kier molecular flexibility index (Phi) is 6.85. The van der Waals surface area contributed by atoms with Crippen LogP contribution in [0, 0.1) is 11.8 Å². The third-order valence-electron chi connectivity index (χ3n) is 5.17. The van der Waals surface area contributed by atoms with Crippen LogP contribution in [0.3, 0.4) is 0 Å². The van der Waals surface area contributed by atoms with Crippen molar-refractivity contribution in [1.82, 2.24) is 5.32 Å². The molecule has 0 spiro atoms. The standard InChI is InChI=1S/C17H31NO2/c19-16-11-5-4-10-15(16)13-18-17(20)12-6-9-14-7-2-1-3-8-14/h14-16,19H,1-13H2,(H,18,20). The fraction of sp³-hybridized carbons (Fsp3) is 0.941. The summed E-state index contributed by atoms with van der Waals surface area (Å²) in [6.07, 6.45) is 13.9. The average molecular weight is 281 g/mol. The molecule has 2 unspecified atom stereocenters. The van der Waals surface area contributed by atoms with E-state index in [0.29, 0.717) is 13.0 Å². The summed E-state index contributed by atoms with van der Waals surface area (Å²) in [6, 6.07) is 0. The van der Waals surface area contributed by atoms with Gasteiger partial charge in [-0.15, -0.1) is 0 Å². The second-order valence-corrected chi connectivity index (χ2v) is 6.81. The average Bonchev–Trinajstić information content (AvgIpc) is 2.47. The number of hydrogen-bond acceptors (Lipinski definition) is 2. The number of hydrogen-bond donors (Lipinski definition) is 2. The summed E-state index contributed by atoms with van der Waals surface area (Å²) in [4.78, 5) is 11.8. The monoisotopic (exact) mass is 281 g/mol. The lowest BCUT2D eigenvalue weighted by atomic mass is 9.85. The van der Waals surface area contributed by atoms with Crippen molar-refractivity contribution in [3.05, 3.63) is 0 Å². The number of carbonyl (C=O) groups is 1. The highest BCUT2D eigenvalue weighted by Gasteiger charge is 2.23. The van der Waals surface area contributed by atoms with E-state index in [9.17, 15) is 9.90 Å². The van der Waals surface area contributed by atoms with Crippen LogP contribution in [0.2, 0.25) is 0 Å². The van der Waals surface area contributed by atoms with Crippen molar-refractivity contribution < 1.29 is 9.90 Å². The Morgan fingerprint density at radius 3 is 2.45 bits per heavy atom. The topological polar surface area (TPSA) is 49.3 Å². The predicted molar refractivity (Wildman–Crippen MR) is 81.4 cm³/mol. The molecule has 20 heavy (non-hydrogen) atoms. The van der Waals surface area contributed by atoms with Crippen molar-refractivity contribution in [3.63, 3.8) is 0 Å². The van der Waals surface area contributed by atoms with Gasteiger partial charge in [-0.25, -0.2) is 0 Å². The first-order valence-electron chi connectivity index (χ1n) is 8.70. The number of aliphatic hydroxyl groups excluding tert-OH is 1. The van der Waals surface area contributed by atoms with E-state index in [-0.39, 0.29) is 17.9 Å². The van der Waals surface area contributed by atoms with Crippen LogP contribution in [0.1, 0.15) is 77.0 Å². The molecule has 2 aliphatic rings. The molecule has 2 atom stereocenters. The molecule has 2 fully saturated rings. The van der Waals surface area contributed by atoms with Gasteiger partial charge < -0.3 is 10.4 Å². The Morgan fingerprint density at radius 2 is 1.70 bits per heavy atom. The maximum absolute atomic E-state index is 11.8. The summed E-state index contributed by atoms with van der Waals surface area (Å²) in [7, 11) is 0. The minimum Gasteiger partial charge on any atom is -0.393 e. The molecule has 2 N–H and O–H groups in total. The second kappa shape index (κ2) is 8.66. The van der Waals surface area contributed by atoms with Gasteiger partial charge in [0.25, 0.3) is 0 Å². The van der Waals surface area contributed by atoms with Gasteiger partial charge in [0, 0.05) is 18.9 Å². The van der Waals surface area contributed by atoms with Gasteiger partial charge >= 0.3 is 0 Å². The van der Waals surface area contributed by atoms with Gasteiger partial charge in [0.15, 0.2) is 0 Å². The first-order chi connectivity index (χ1) is 9.75. The highest BCUT2D eigenvalue weighted by Crippen LogP contribution is 2.27. The molecule has 2 aliphatic carbocycles. The molecule has 3 nitrogen and oxygen atoms in total. The number of nitrogens with one attached hydrogen (secondary N) is 1. The van der Waals surface area contributed by atoms with Gasteiger partial charge in [0.1, 0.15) is 0 Å². The molecule has 0 saturated heterocycles. The molecule has 3 heteroatoms. The molecular formula is C17H31NO2. The van der Waals surface area contributed by atoms with E-state index in [1.807, 2.05) is 0 Å². The third kappa shape index (κ3) is 5.43. The Bertz CT molecular complexity index is 287. The van der Waals surface area contributed by atoms with Gasteiger partial charge in [0.05, 0.1) is 6.10 Å². The van der Waals surface area contributed by atoms with Crippen molar-refractivity contribution >= 4 is 5.91 Å². The summed E-state index contributed by atoms with van der Waals surface area (Å²) in [5.74, 6) is 1.33. The summed E-state index contributed by atoms with van der Waals surface area (Å²) in [5.41, 5.74) is 0. The SMILES string of the molecule is O=C(CCCC1CCCCC1)NCC1CCCCC1O. The summed E-state index contributed by atoms with van der Waals surface area (Å²) in [5, 5.41) is 12.9. The maximum Gasteiger partial charge on any atom is 0.220 e. The molecule has 2 rings (SSSR count). The predicted octanol–water partition coefficient (Wildman–Crippen LogP) is 3.40. The van der Waals surface area contributed by atoms with Crippen LogP contribution in [-0.4, -0.2) is 23.7 Å². The Morgan fingerprint density at radius 1 is 1.00 bits per heavy atom. The molecule has 0 aromatic rings. The van der Waals surface area contributed by atoms with Crippen molar-refractivity contribution in [3.8, 4) is 0 Å². The Labute approximate surface area is 123 Å². The zero-order valence-electron chi connectivity index (χ0n) is 12.8. The van der Waals surface area contributed by atoms with Gasteiger partial charge in [-0.3, -0.25) is 4.79 Å². The number of carbonyl (C=O) groups excluding carboxylic acids is 1. The summed E-state index contributed by atoms with van der Waals surface area (Å²) < 4.78 is 0. The van der Waals surface area contributed by atoms with E-state index in [1.54, 1.807) is 0 Å². The third-order valence-corrected chi connectivity index (χ3v) is 5.17. The fourth-order valence-corrected chi connectivity index (χ4v) is 3.79. The summed E-state index contributed by atoms with van der Waals surface area (Å²) >= 11 is 0. The fourth-order valence-electron chi connectivity index (χ4n) is 3.79. The zero-order chi connectivity index (χ0) is 14.2. The van der Waals surface area contributed by atoms with Crippen LogP contribution in [0.4, 0.5) is 0 Å². The van der Waals surface area contributed by atoms with E-state index in [1.165, 1.54) is 44.9 Å². The highest BCUT2D eigenvalue weighted by molar-refractivity contribution is 5.75. The van der Waals surface area contributed by atoms with Crippen LogP contribution < -0.4 is 5.32 Å². The zero-order valence-corrected chi connectivity index (χ0v) is 12.8. The van der Waals surface area contributed by atoms with Gasteiger partial charge in [0.2, 0.25) is 5.91 Å². The van der Waals surface area contributed by atoms with E-state index in [0.717, 1.165) is 31.6 Å². The summed E-state index contributed by atoms with van der Waals surface area (Å²) in [6.45, 7) is 0.670. The van der Waals surface area contributed by atoms with Crippen LogP contribution in [0.5, 0.6) is 0 Å². The number of amides is 1. The molecule has 0 aliphatic heterocycles. The first-order valence-corrected chi connectivity index (χ1v) is 8.70. The molecule has 0 aromatic carbocycles. The van der Waals surface area contributed by atoms with E-state index in [4.69, 9.17) is 0 Å². The minimum atomic E-state index is -0.203. The Hall–Kier alpha value is -0.570. The first kappa shape index (κ1) is 15.8. The van der Waals surface area contributed by atoms with Crippen molar-refractivity contribution in [2.45, 2.75) is 83.2 Å². The Balaban J connectivity index is 1.53. The normalized spacial score (nSPS) is 28.2. The number of rotatable bonds is 6. The van der Waals surface area contributed by atoms with Crippen LogP contribution >= 0.6 is 0 Å². The molecule has 1 amide bonds. The van der Waals surface area contributed by atoms with E-state index < -0.39 is 0 Å². The highest BCUT2D eigenvalue weighted by atomic mass is 16.3. The molecule has 0 bridgehead atoms. The van der Waals surface area contributed by atoms with Gasteiger partial charge in [-0.2, -0.15) is 0 Å². The van der Waals surface area contributed by atoms with Crippen molar-refractivity contribution in [2.75, 3.05) is 6.54 Å². The largest absolute Gasteiger partial charge is 0.393 e. The number of aliphatic hydroxyl groups is 1. The quantitative estimate of drug-likeness (QED) is 0.784. The lowest BCUT2D eigenvalue weighted by Crippen LogP contribution is -2.36. The molecular weight excluding hydrogens is 250 g/mol. The minimum absolute atomic E-state index is 0.179. The van der Waals surface area contributed by atoms with Gasteiger partial charge in [-0.05, 0) is 31.6 Å². The second-order valence-electron chi connectivity index (χ2n) is 6.81. The lowest BCUT2D eigenvalue weighted by molar-refractivity contribution is -0.121. The maximum atomic E-state index is 11.8. The smallest absolute Gasteiger partial charge is 0.220 e. The van der Waals surface area contributed by atoms with Gasteiger partial charge in [-0.1, -0.05) is 44.9 Å². The van der Waals surface area contributed by atoms with Crippen LogP contribution in [0.25, 0.3) is 0 Å². The lowest BCUT2D eigenvalue weighted by Gasteiger charge is -2.27. The molecule has 0 heterocycles. The molecule has 0 aromatic heterocycles. The molecule has 116 valence electrons. The van der Waals surface area contributed by atoms with E-state index >= 15 is 0 Å². The van der Waals surface area contributed by atoms with Crippen molar-refractivity contribution in [2.24, 2.45) is 11.8 Å². The van der Waals surface area contributed by atoms with Crippen molar-refractivity contribution in [1.29, 1.82) is 0 Å².